The Labute approximate surface area is 117 Å². The fourth-order valence-corrected chi connectivity index (χ4v) is 2.03. The Balaban J connectivity index is 2.41. The van der Waals surface area contributed by atoms with Crippen LogP contribution in [0.5, 0.6) is 0 Å². The number of aromatic amines is 1. The lowest BCUT2D eigenvalue weighted by atomic mass is 10.1. The van der Waals surface area contributed by atoms with E-state index in [4.69, 9.17) is 14.9 Å². The van der Waals surface area contributed by atoms with Gasteiger partial charge in [-0.25, -0.2) is 9.59 Å². The number of nitrogens with one attached hydrogen (secondary N) is 1. The van der Waals surface area contributed by atoms with Gasteiger partial charge in [0.05, 0.1) is 18.8 Å². The molecule has 0 unspecified atom stereocenters. The first-order valence-corrected chi connectivity index (χ1v) is 6.11. The molecule has 3 atom stereocenters. The molecule has 9 nitrogen and oxygen atoms in total. The second-order valence-electron chi connectivity index (χ2n) is 4.58. The lowest BCUT2D eigenvalue weighted by Crippen LogP contribution is -2.37. The van der Waals surface area contributed by atoms with Crippen LogP contribution in [-0.2, 0) is 9.53 Å². The molecule has 9 heteroatoms. The van der Waals surface area contributed by atoms with Crippen LogP contribution in [-0.4, -0.2) is 50.2 Å². The minimum Gasteiger partial charge on any atom is -0.478 e. The molecule has 2 rings (SSSR count). The van der Waals surface area contributed by atoms with Crippen LogP contribution >= 0.6 is 0 Å². The Morgan fingerprint density at radius 1 is 1.52 bits per heavy atom. The van der Waals surface area contributed by atoms with Crippen molar-refractivity contribution < 1.29 is 24.9 Å². The largest absolute Gasteiger partial charge is 0.478 e. The van der Waals surface area contributed by atoms with Gasteiger partial charge in [-0.1, -0.05) is 0 Å². The lowest BCUT2D eigenvalue weighted by Gasteiger charge is -2.18. The van der Waals surface area contributed by atoms with Crippen LogP contribution in [0.3, 0.4) is 0 Å². The third kappa shape index (κ3) is 3.10. The van der Waals surface area contributed by atoms with Crippen LogP contribution in [0.1, 0.15) is 11.8 Å². The van der Waals surface area contributed by atoms with E-state index in [0.717, 1.165) is 22.9 Å². The average Bonchev–Trinajstić information content (AvgIpc) is 2.78. The van der Waals surface area contributed by atoms with Crippen LogP contribution in [0.15, 0.2) is 21.9 Å². The van der Waals surface area contributed by atoms with Crippen molar-refractivity contribution in [2.24, 2.45) is 5.92 Å². The Morgan fingerprint density at radius 2 is 2.24 bits per heavy atom. The standard InChI is InChI=1S/C12H14N2O7/c15-4-7-5-21-11(9(7)18)14-3-6(1-2-8(16)17)10(19)13-12(14)20/h1-3,7,9,11,15,18H,4-5H2,(H,16,17)(H,13,19,20)/b2-1-/t7-,9+,11+/m0/s1. The van der Waals surface area contributed by atoms with Crippen LogP contribution in [0.2, 0.25) is 0 Å². The van der Waals surface area contributed by atoms with Gasteiger partial charge >= 0.3 is 11.7 Å². The summed E-state index contributed by atoms with van der Waals surface area (Å²) in [6.45, 7) is -0.240. The molecule has 2 heterocycles. The van der Waals surface area contributed by atoms with E-state index in [9.17, 15) is 19.5 Å². The molecule has 0 radical (unpaired) electrons. The van der Waals surface area contributed by atoms with Gasteiger partial charge < -0.3 is 20.1 Å². The number of hydrogen-bond acceptors (Lipinski definition) is 6. The fraction of sp³-hybridized carbons (Fsp3) is 0.417. The lowest BCUT2D eigenvalue weighted by molar-refractivity contribution is -0.131. The number of aliphatic hydroxyl groups excluding tert-OH is 2. The highest BCUT2D eigenvalue weighted by Crippen LogP contribution is 2.27. The van der Waals surface area contributed by atoms with E-state index in [-0.39, 0.29) is 18.8 Å². The number of carbonyl (C=O) groups is 1. The van der Waals surface area contributed by atoms with Crippen molar-refractivity contribution in [2.45, 2.75) is 12.3 Å². The molecule has 0 aliphatic carbocycles. The molecule has 1 aliphatic heterocycles. The zero-order valence-electron chi connectivity index (χ0n) is 10.8. The molecule has 21 heavy (non-hydrogen) atoms. The normalized spacial score (nSPS) is 25.5. The van der Waals surface area contributed by atoms with Crippen molar-refractivity contribution >= 4 is 12.0 Å². The topological polar surface area (TPSA) is 142 Å². The number of carboxylic acids is 1. The van der Waals surface area contributed by atoms with E-state index in [1.54, 1.807) is 0 Å². The molecule has 0 aromatic carbocycles. The number of carboxylic acid groups (broad SMARTS) is 1. The highest BCUT2D eigenvalue weighted by molar-refractivity contribution is 5.85. The number of hydrogen-bond donors (Lipinski definition) is 4. The maximum atomic E-state index is 11.8. The van der Waals surface area contributed by atoms with Crippen molar-refractivity contribution in [3.63, 3.8) is 0 Å². The second kappa shape index (κ2) is 6.04. The Hall–Kier alpha value is -2.23. The van der Waals surface area contributed by atoms with Crippen LogP contribution in [0.4, 0.5) is 0 Å². The predicted octanol–water partition coefficient (Wildman–Crippen LogP) is -1.87. The Kier molecular flexibility index (Phi) is 4.36. The number of rotatable bonds is 4. The first-order chi connectivity index (χ1) is 9.93. The van der Waals surface area contributed by atoms with E-state index in [1.807, 2.05) is 4.98 Å². The molecule has 4 N–H and O–H groups in total. The average molecular weight is 298 g/mol. The van der Waals surface area contributed by atoms with E-state index >= 15 is 0 Å². The molecule has 1 fully saturated rings. The maximum absolute atomic E-state index is 11.8. The maximum Gasteiger partial charge on any atom is 0.330 e. The Morgan fingerprint density at radius 3 is 2.81 bits per heavy atom. The van der Waals surface area contributed by atoms with Gasteiger partial charge in [0.2, 0.25) is 0 Å². The quantitative estimate of drug-likeness (QED) is 0.477. The van der Waals surface area contributed by atoms with Gasteiger partial charge in [0, 0.05) is 18.2 Å². The van der Waals surface area contributed by atoms with E-state index < -0.39 is 35.5 Å². The minimum absolute atomic E-state index is 0.0637. The zero-order valence-corrected chi connectivity index (χ0v) is 10.8. The van der Waals surface area contributed by atoms with Crippen molar-refractivity contribution in [3.8, 4) is 0 Å². The smallest absolute Gasteiger partial charge is 0.330 e. The summed E-state index contributed by atoms with van der Waals surface area (Å²) in [5, 5.41) is 27.6. The molecule has 0 saturated carbocycles. The molecule has 0 bridgehead atoms. The summed E-state index contributed by atoms with van der Waals surface area (Å²) in [5.74, 6) is -1.78. The summed E-state index contributed by atoms with van der Waals surface area (Å²) < 4.78 is 6.21. The van der Waals surface area contributed by atoms with Gasteiger partial charge in [-0.05, 0) is 6.08 Å². The molecule has 1 aromatic rings. The van der Waals surface area contributed by atoms with Gasteiger partial charge in [0.1, 0.15) is 6.10 Å². The molecule has 0 spiro atoms. The highest BCUT2D eigenvalue weighted by atomic mass is 16.5. The van der Waals surface area contributed by atoms with Crippen molar-refractivity contribution in [1.82, 2.24) is 9.55 Å². The molecule has 1 saturated heterocycles. The first-order valence-electron chi connectivity index (χ1n) is 6.11. The van der Waals surface area contributed by atoms with Crippen LogP contribution in [0, 0.1) is 5.92 Å². The first kappa shape index (κ1) is 15.2. The van der Waals surface area contributed by atoms with Crippen molar-refractivity contribution in [3.05, 3.63) is 38.7 Å². The summed E-state index contributed by atoms with van der Waals surface area (Å²) in [4.78, 5) is 35.8. The number of ether oxygens (including phenoxy) is 1. The van der Waals surface area contributed by atoms with Crippen LogP contribution in [0.25, 0.3) is 6.08 Å². The minimum atomic E-state index is -1.25. The third-order valence-corrected chi connectivity index (χ3v) is 3.17. The zero-order chi connectivity index (χ0) is 15.6. The van der Waals surface area contributed by atoms with Gasteiger partial charge in [-0.15, -0.1) is 0 Å². The molecule has 0 amide bonds. The van der Waals surface area contributed by atoms with Gasteiger partial charge in [-0.3, -0.25) is 14.3 Å². The molecule has 1 aliphatic rings. The van der Waals surface area contributed by atoms with Crippen molar-refractivity contribution in [1.29, 1.82) is 0 Å². The number of aliphatic carboxylic acids is 1. The van der Waals surface area contributed by atoms with E-state index in [0.29, 0.717) is 0 Å². The number of aliphatic hydroxyl groups is 2. The van der Waals surface area contributed by atoms with Gasteiger partial charge in [0.25, 0.3) is 5.56 Å². The number of H-pyrrole nitrogens is 1. The highest BCUT2D eigenvalue weighted by Gasteiger charge is 2.37. The summed E-state index contributed by atoms with van der Waals surface area (Å²) in [6, 6.07) is 0. The molecular weight excluding hydrogens is 284 g/mol. The van der Waals surface area contributed by atoms with Crippen molar-refractivity contribution in [2.75, 3.05) is 13.2 Å². The van der Waals surface area contributed by atoms with Gasteiger partial charge in [0.15, 0.2) is 6.23 Å². The molecular formula is C12H14N2O7. The Bertz CT molecular complexity index is 675. The summed E-state index contributed by atoms with van der Waals surface area (Å²) in [7, 11) is 0. The second-order valence-corrected chi connectivity index (χ2v) is 4.58. The predicted molar refractivity (Wildman–Crippen MR) is 69.6 cm³/mol. The van der Waals surface area contributed by atoms with Gasteiger partial charge in [-0.2, -0.15) is 0 Å². The summed E-state index contributed by atoms with van der Waals surface area (Å²) in [6.07, 6.45) is 0.719. The van der Waals surface area contributed by atoms with Crippen LogP contribution < -0.4 is 11.2 Å². The molecule has 114 valence electrons. The third-order valence-electron chi connectivity index (χ3n) is 3.17. The fourth-order valence-electron chi connectivity index (χ4n) is 2.03. The monoisotopic (exact) mass is 298 g/mol. The SMILES string of the molecule is O=C(O)/C=C\c1cn([C@@H]2OC[C@H](CO)[C@H]2O)c(=O)[nH]c1=O. The van der Waals surface area contributed by atoms with E-state index in [2.05, 4.69) is 0 Å². The number of aromatic nitrogens is 2. The number of nitrogens with zero attached hydrogens (tertiary/aromatic N) is 1. The summed E-state index contributed by atoms with van der Waals surface area (Å²) in [5.41, 5.74) is -1.62. The summed E-state index contributed by atoms with van der Waals surface area (Å²) >= 11 is 0. The molecule has 1 aromatic heterocycles. The van der Waals surface area contributed by atoms with E-state index in [1.165, 1.54) is 0 Å².